The molecule has 0 bridgehead atoms. The first-order chi connectivity index (χ1) is 9.29. The van der Waals surface area contributed by atoms with Gasteiger partial charge in [0.1, 0.15) is 0 Å². The average Bonchev–Trinajstić information content (AvgIpc) is 2.46. The molecule has 2 aromatic rings. The van der Waals surface area contributed by atoms with Crippen molar-refractivity contribution in [3.63, 3.8) is 0 Å². The summed E-state index contributed by atoms with van der Waals surface area (Å²) in [5, 5.41) is 0. The lowest BCUT2D eigenvalue weighted by atomic mass is 10.2. The topological polar surface area (TPSA) is 22.0 Å². The molecule has 0 unspecified atom stereocenters. The van der Waals surface area contributed by atoms with Gasteiger partial charge in [0.2, 0.25) is 0 Å². The fourth-order valence-corrected chi connectivity index (χ4v) is 1.77. The molecule has 0 aliphatic rings. The molecule has 0 atom stereocenters. The normalized spacial score (nSPS) is 9.74. The molecule has 2 heteroatoms. The maximum absolute atomic E-state index is 11.7. The Hall–Kier alpha value is -2.27. The van der Waals surface area contributed by atoms with Gasteiger partial charge in [-0.3, -0.25) is 4.79 Å². The van der Waals surface area contributed by atoms with Gasteiger partial charge in [-0.05, 0) is 24.6 Å². The van der Waals surface area contributed by atoms with Gasteiger partial charge < -0.3 is 4.57 Å². The minimum atomic E-state index is 0.0405. The van der Waals surface area contributed by atoms with Crippen molar-refractivity contribution < 1.29 is 0 Å². The Morgan fingerprint density at radius 1 is 1.00 bits per heavy atom. The molecule has 0 amide bonds. The zero-order valence-electron chi connectivity index (χ0n) is 11.1. The van der Waals surface area contributed by atoms with Gasteiger partial charge in [-0.15, -0.1) is 0 Å². The lowest BCUT2D eigenvalue weighted by molar-refractivity contribution is 0.612. The molecule has 1 aromatic heterocycles. The highest BCUT2D eigenvalue weighted by atomic mass is 16.1. The Balaban J connectivity index is 2.22. The summed E-state index contributed by atoms with van der Waals surface area (Å²) >= 11 is 0. The maximum Gasteiger partial charge on any atom is 0.250 e. The Morgan fingerprint density at radius 3 is 2.47 bits per heavy atom. The Bertz CT molecular complexity index is 644. The van der Waals surface area contributed by atoms with E-state index in [4.69, 9.17) is 0 Å². The van der Waals surface area contributed by atoms with Crippen molar-refractivity contribution in [2.45, 2.75) is 26.3 Å². The van der Waals surface area contributed by atoms with Gasteiger partial charge in [0.05, 0.1) is 0 Å². The minimum Gasteiger partial charge on any atom is -0.314 e. The summed E-state index contributed by atoms with van der Waals surface area (Å²) in [5.41, 5.74) is 1.90. The van der Waals surface area contributed by atoms with Crippen molar-refractivity contribution >= 4 is 0 Å². The maximum atomic E-state index is 11.7. The average molecular weight is 251 g/mol. The molecule has 96 valence electrons. The number of pyridine rings is 1. The van der Waals surface area contributed by atoms with Crippen molar-refractivity contribution in [3.05, 3.63) is 70.1 Å². The van der Waals surface area contributed by atoms with E-state index in [9.17, 15) is 4.79 Å². The highest BCUT2D eigenvalue weighted by Crippen LogP contribution is 1.99. The van der Waals surface area contributed by atoms with Gasteiger partial charge in [-0.2, -0.15) is 0 Å². The SMILES string of the molecule is CCCCn1cc(C#Cc2ccccc2)ccc1=O. The van der Waals surface area contributed by atoms with Crippen LogP contribution in [0.5, 0.6) is 0 Å². The van der Waals surface area contributed by atoms with Crippen LogP contribution in [-0.4, -0.2) is 4.57 Å². The smallest absolute Gasteiger partial charge is 0.250 e. The Labute approximate surface area is 113 Å². The van der Waals surface area contributed by atoms with E-state index in [-0.39, 0.29) is 5.56 Å². The summed E-state index contributed by atoms with van der Waals surface area (Å²) in [7, 11) is 0. The van der Waals surface area contributed by atoms with E-state index in [1.54, 1.807) is 16.7 Å². The predicted molar refractivity (Wildman–Crippen MR) is 78.0 cm³/mol. The molecule has 0 fully saturated rings. The van der Waals surface area contributed by atoms with Gasteiger partial charge in [0.15, 0.2) is 0 Å². The molecule has 1 heterocycles. The van der Waals surface area contributed by atoms with Crippen LogP contribution in [0, 0.1) is 11.8 Å². The van der Waals surface area contributed by atoms with Crippen molar-refractivity contribution in [3.8, 4) is 11.8 Å². The van der Waals surface area contributed by atoms with Crippen LogP contribution < -0.4 is 5.56 Å². The van der Waals surface area contributed by atoms with Crippen LogP contribution in [-0.2, 0) is 6.54 Å². The summed E-state index contributed by atoms with van der Waals surface area (Å²) in [6.45, 7) is 2.88. The lowest BCUT2D eigenvalue weighted by Crippen LogP contribution is -2.18. The third-order valence-electron chi connectivity index (χ3n) is 2.86. The van der Waals surface area contributed by atoms with Crippen LogP contribution in [0.4, 0.5) is 0 Å². The van der Waals surface area contributed by atoms with E-state index in [2.05, 4.69) is 18.8 Å². The number of aromatic nitrogens is 1. The quantitative estimate of drug-likeness (QED) is 0.768. The molecule has 0 saturated carbocycles. The first-order valence-electron chi connectivity index (χ1n) is 6.57. The molecule has 0 aliphatic carbocycles. The molecule has 0 radical (unpaired) electrons. The van der Waals surface area contributed by atoms with Crippen LogP contribution in [0.1, 0.15) is 30.9 Å². The first kappa shape index (κ1) is 13.2. The Morgan fingerprint density at radius 2 is 1.74 bits per heavy atom. The number of hydrogen-bond acceptors (Lipinski definition) is 1. The second-order valence-corrected chi connectivity index (χ2v) is 4.42. The third-order valence-corrected chi connectivity index (χ3v) is 2.86. The van der Waals surface area contributed by atoms with Crippen molar-refractivity contribution in [2.75, 3.05) is 0 Å². The second kappa shape index (κ2) is 6.61. The van der Waals surface area contributed by atoms with Crippen LogP contribution in [0.25, 0.3) is 0 Å². The van der Waals surface area contributed by atoms with E-state index in [0.29, 0.717) is 0 Å². The van der Waals surface area contributed by atoms with Crippen molar-refractivity contribution in [1.82, 2.24) is 4.57 Å². The molecule has 0 aliphatic heterocycles. The number of hydrogen-bond donors (Lipinski definition) is 0. The van der Waals surface area contributed by atoms with E-state index < -0.39 is 0 Å². The Kier molecular flexibility index (Phi) is 4.58. The second-order valence-electron chi connectivity index (χ2n) is 4.42. The molecule has 0 spiro atoms. The predicted octanol–water partition coefficient (Wildman–Crippen LogP) is 3.05. The van der Waals surface area contributed by atoms with Crippen molar-refractivity contribution in [1.29, 1.82) is 0 Å². The summed E-state index contributed by atoms with van der Waals surface area (Å²) < 4.78 is 1.73. The zero-order chi connectivity index (χ0) is 13.5. The lowest BCUT2D eigenvalue weighted by Gasteiger charge is -2.04. The van der Waals surface area contributed by atoms with E-state index in [1.165, 1.54) is 0 Å². The van der Waals surface area contributed by atoms with Gasteiger partial charge in [-0.25, -0.2) is 0 Å². The van der Waals surface area contributed by atoms with Crippen LogP contribution in [0.2, 0.25) is 0 Å². The van der Waals surface area contributed by atoms with E-state index in [1.807, 2.05) is 36.5 Å². The number of unbranched alkanes of at least 4 members (excludes halogenated alkanes) is 1. The number of aryl methyl sites for hydroxylation is 1. The van der Waals surface area contributed by atoms with Crippen LogP contribution in [0.15, 0.2) is 53.5 Å². The summed E-state index contributed by atoms with van der Waals surface area (Å²) in [5.74, 6) is 6.19. The third kappa shape index (κ3) is 3.86. The molecule has 19 heavy (non-hydrogen) atoms. The fraction of sp³-hybridized carbons (Fsp3) is 0.235. The molecule has 2 nitrogen and oxygen atoms in total. The van der Waals surface area contributed by atoms with Gasteiger partial charge >= 0.3 is 0 Å². The number of benzene rings is 1. The zero-order valence-corrected chi connectivity index (χ0v) is 11.1. The highest BCUT2D eigenvalue weighted by molar-refractivity contribution is 5.41. The molecule has 0 saturated heterocycles. The molecular formula is C17H17NO. The number of rotatable bonds is 3. The molecule has 0 N–H and O–H groups in total. The van der Waals surface area contributed by atoms with E-state index >= 15 is 0 Å². The summed E-state index contributed by atoms with van der Waals surface area (Å²) in [6, 6.07) is 13.2. The van der Waals surface area contributed by atoms with Gasteiger partial charge in [0, 0.05) is 29.9 Å². The molecule has 1 aromatic carbocycles. The van der Waals surface area contributed by atoms with E-state index in [0.717, 1.165) is 30.5 Å². The van der Waals surface area contributed by atoms with Gasteiger partial charge in [0.25, 0.3) is 5.56 Å². The van der Waals surface area contributed by atoms with Crippen LogP contribution in [0.3, 0.4) is 0 Å². The van der Waals surface area contributed by atoms with Crippen LogP contribution >= 0.6 is 0 Å². The van der Waals surface area contributed by atoms with Gasteiger partial charge in [-0.1, -0.05) is 43.4 Å². The minimum absolute atomic E-state index is 0.0405. The molecule has 2 rings (SSSR count). The van der Waals surface area contributed by atoms with Crippen molar-refractivity contribution in [2.24, 2.45) is 0 Å². The first-order valence-corrected chi connectivity index (χ1v) is 6.57. The summed E-state index contributed by atoms with van der Waals surface area (Å²) in [6.07, 6.45) is 3.93. The number of nitrogens with zero attached hydrogens (tertiary/aromatic N) is 1. The highest BCUT2D eigenvalue weighted by Gasteiger charge is 1.96. The largest absolute Gasteiger partial charge is 0.314 e. The fourth-order valence-electron chi connectivity index (χ4n) is 1.77. The molecular weight excluding hydrogens is 234 g/mol. The summed E-state index contributed by atoms with van der Waals surface area (Å²) in [4.78, 5) is 11.7. The monoisotopic (exact) mass is 251 g/mol. The standard InChI is InChI=1S/C17H17NO/c1-2-3-13-18-14-16(11-12-17(18)19)10-9-15-7-5-4-6-8-15/h4-8,11-12,14H,2-3,13H2,1H3.